The predicted molar refractivity (Wildman–Crippen MR) is 68.0 cm³/mol. The Morgan fingerprint density at radius 1 is 1.62 bits per heavy atom. The number of aromatic hydroxyl groups is 1. The molecule has 1 aromatic rings. The first-order valence-electron chi connectivity index (χ1n) is 4.87. The van der Waals surface area contributed by atoms with Gasteiger partial charge in [-0.3, -0.25) is 4.79 Å². The van der Waals surface area contributed by atoms with Gasteiger partial charge in [0.15, 0.2) is 0 Å². The molecule has 0 aliphatic rings. The van der Waals surface area contributed by atoms with E-state index in [1.54, 1.807) is 12.1 Å². The quantitative estimate of drug-likeness (QED) is 0.840. The van der Waals surface area contributed by atoms with Crippen molar-refractivity contribution in [2.24, 2.45) is 5.92 Å². The molecule has 1 aromatic carbocycles. The Morgan fingerprint density at radius 2 is 2.31 bits per heavy atom. The Balaban J connectivity index is 2.63. The minimum atomic E-state index is -0.209. The molecule has 0 heterocycles. The van der Waals surface area contributed by atoms with Crippen molar-refractivity contribution in [1.82, 2.24) is 5.32 Å². The third-order valence-corrected chi connectivity index (χ3v) is 3.28. The van der Waals surface area contributed by atoms with E-state index in [0.29, 0.717) is 22.5 Å². The first-order valence-corrected chi connectivity index (χ1v) is 6.20. The molecule has 0 aliphatic heterocycles. The summed E-state index contributed by atoms with van der Waals surface area (Å²) in [7, 11) is 0. The number of hydrogen-bond acceptors (Lipinski definition) is 2. The van der Waals surface area contributed by atoms with E-state index in [1.807, 2.05) is 6.92 Å². The molecule has 1 unspecified atom stereocenters. The summed E-state index contributed by atoms with van der Waals surface area (Å²) in [5, 5.41) is 12.2. The van der Waals surface area contributed by atoms with Crippen molar-refractivity contribution in [1.29, 1.82) is 0 Å². The lowest BCUT2D eigenvalue weighted by Gasteiger charge is -2.09. The lowest BCUT2D eigenvalue weighted by molar-refractivity contribution is 0.0949. The van der Waals surface area contributed by atoms with Crippen LogP contribution in [0.15, 0.2) is 22.7 Å². The second-order valence-corrected chi connectivity index (χ2v) is 4.80. The van der Waals surface area contributed by atoms with Crippen LogP contribution in [0.25, 0.3) is 0 Å². The van der Waals surface area contributed by atoms with Gasteiger partial charge in [-0.2, -0.15) is 0 Å². The highest BCUT2D eigenvalue weighted by Crippen LogP contribution is 2.24. The molecule has 0 aliphatic carbocycles. The molecule has 0 fully saturated rings. The van der Waals surface area contributed by atoms with Gasteiger partial charge in [0.2, 0.25) is 0 Å². The molecular formula is C11H13BrClNO2. The van der Waals surface area contributed by atoms with Gasteiger partial charge < -0.3 is 10.4 Å². The zero-order valence-electron chi connectivity index (χ0n) is 8.84. The van der Waals surface area contributed by atoms with Crippen molar-refractivity contribution in [3.05, 3.63) is 28.2 Å². The number of halogens is 2. The minimum Gasteiger partial charge on any atom is -0.507 e. The van der Waals surface area contributed by atoms with Crippen LogP contribution < -0.4 is 5.32 Å². The number of carbonyl (C=O) groups excluding carboxylic acids is 1. The summed E-state index contributed by atoms with van der Waals surface area (Å²) in [6.45, 7) is 2.48. The summed E-state index contributed by atoms with van der Waals surface area (Å²) in [4.78, 5) is 11.6. The largest absolute Gasteiger partial charge is 0.507 e. The maximum absolute atomic E-state index is 11.6. The second-order valence-electron chi connectivity index (χ2n) is 3.64. The fraction of sp³-hybridized carbons (Fsp3) is 0.364. The third-order valence-electron chi connectivity index (χ3n) is 2.08. The highest BCUT2D eigenvalue weighted by Gasteiger charge is 2.09. The van der Waals surface area contributed by atoms with Crippen LogP contribution in [-0.2, 0) is 0 Å². The molecule has 1 rings (SSSR count). The van der Waals surface area contributed by atoms with Gasteiger partial charge in [-0.05, 0) is 40.0 Å². The van der Waals surface area contributed by atoms with Crippen molar-refractivity contribution >= 4 is 33.4 Å². The number of rotatable bonds is 4. The minimum absolute atomic E-state index is 0.0537. The van der Waals surface area contributed by atoms with Gasteiger partial charge in [0.05, 0.1) is 4.47 Å². The summed E-state index contributed by atoms with van der Waals surface area (Å²) in [6.07, 6.45) is 0. The van der Waals surface area contributed by atoms with Gasteiger partial charge in [-0.25, -0.2) is 0 Å². The van der Waals surface area contributed by atoms with Crippen molar-refractivity contribution in [2.75, 3.05) is 12.4 Å². The summed E-state index contributed by atoms with van der Waals surface area (Å²) >= 11 is 8.78. The van der Waals surface area contributed by atoms with E-state index in [4.69, 9.17) is 11.6 Å². The normalized spacial score (nSPS) is 12.2. The Morgan fingerprint density at radius 3 is 2.88 bits per heavy atom. The molecule has 1 amide bonds. The standard InChI is InChI=1S/C11H13BrClNO2/c1-7(5-13)6-14-11(16)8-2-3-9(12)10(15)4-8/h2-4,7,15H,5-6H2,1H3,(H,14,16). The SMILES string of the molecule is CC(CCl)CNC(=O)c1ccc(Br)c(O)c1. The Hall–Kier alpha value is -0.740. The molecular weight excluding hydrogens is 293 g/mol. The molecule has 0 saturated heterocycles. The number of benzene rings is 1. The average molecular weight is 307 g/mol. The summed E-state index contributed by atoms with van der Waals surface area (Å²) in [6, 6.07) is 4.70. The fourth-order valence-corrected chi connectivity index (χ4v) is 1.43. The van der Waals surface area contributed by atoms with Crippen LogP contribution in [0, 0.1) is 5.92 Å². The number of amides is 1. The molecule has 0 spiro atoms. The summed E-state index contributed by atoms with van der Waals surface area (Å²) < 4.78 is 0.568. The van der Waals surface area contributed by atoms with E-state index in [-0.39, 0.29) is 17.6 Å². The summed E-state index contributed by atoms with van der Waals surface area (Å²) in [5.41, 5.74) is 0.433. The van der Waals surface area contributed by atoms with E-state index < -0.39 is 0 Å². The second kappa shape index (κ2) is 6.11. The van der Waals surface area contributed by atoms with Gasteiger partial charge in [-0.15, -0.1) is 11.6 Å². The molecule has 0 radical (unpaired) electrons. The maximum Gasteiger partial charge on any atom is 0.251 e. The highest BCUT2D eigenvalue weighted by atomic mass is 79.9. The number of alkyl halides is 1. The molecule has 88 valence electrons. The zero-order valence-corrected chi connectivity index (χ0v) is 11.2. The molecule has 0 saturated carbocycles. The van der Waals surface area contributed by atoms with Crippen molar-refractivity contribution in [3.8, 4) is 5.75 Å². The maximum atomic E-state index is 11.6. The van der Waals surface area contributed by atoms with Crippen LogP contribution in [-0.4, -0.2) is 23.4 Å². The van der Waals surface area contributed by atoms with Crippen LogP contribution >= 0.6 is 27.5 Å². The number of phenols is 1. The lowest BCUT2D eigenvalue weighted by Crippen LogP contribution is -2.28. The predicted octanol–water partition coefficient (Wildman–Crippen LogP) is 2.76. The molecule has 5 heteroatoms. The lowest BCUT2D eigenvalue weighted by atomic mass is 10.2. The third kappa shape index (κ3) is 3.68. The van der Waals surface area contributed by atoms with Crippen molar-refractivity contribution < 1.29 is 9.90 Å². The molecule has 16 heavy (non-hydrogen) atoms. The van der Waals surface area contributed by atoms with Crippen molar-refractivity contribution in [3.63, 3.8) is 0 Å². The van der Waals surface area contributed by atoms with E-state index in [9.17, 15) is 9.90 Å². The van der Waals surface area contributed by atoms with Gasteiger partial charge in [-0.1, -0.05) is 6.92 Å². The topological polar surface area (TPSA) is 49.3 Å². The van der Waals surface area contributed by atoms with Crippen LogP contribution in [0.1, 0.15) is 17.3 Å². The Kier molecular flexibility index (Phi) is 5.09. The first-order chi connectivity index (χ1) is 7.54. The zero-order chi connectivity index (χ0) is 12.1. The molecule has 0 bridgehead atoms. The Bertz CT molecular complexity index is 384. The van der Waals surface area contributed by atoms with E-state index in [2.05, 4.69) is 21.2 Å². The van der Waals surface area contributed by atoms with Crippen LogP contribution in [0.2, 0.25) is 0 Å². The van der Waals surface area contributed by atoms with Gasteiger partial charge >= 0.3 is 0 Å². The van der Waals surface area contributed by atoms with Crippen molar-refractivity contribution in [2.45, 2.75) is 6.92 Å². The van der Waals surface area contributed by atoms with Crippen LogP contribution in [0.5, 0.6) is 5.75 Å². The van der Waals surface area contributed by atoms with Crippen LogP contribution in [0.4, 0.5) is 0 Å². The molecule has 2 N–H and O–H groups in total. The monoisotopic (exact) mass is 305 g/mol. The number of carbonyl (C=O) groups is 1. The fourth-order valence-electron chi connectivity index (χ4n) is 1.08. The van der Waals surface area contributed by atoms with E-state index >= 15 is 0 Å². The molecule has 0 aromatic heterocycles. The first kappa shape index (κ1) is 13.3. The van der Waals surface area contributed by atoms with Gasteiger partial charge in [0, 0.05) is 18.0 Å². The van der Waals surface area contributed by atoms with Gasteiger partial charge in [0.25, 0.3) is 5.91 Å². The number of hydrogen-bond donors (Lipinski definition) is 2. The number of phenolic OH excluding ortho intramolecular Hbond substituents is 1. The van der Waals surface area contributed by atoms with Crippen LogP contribution in [0.3, 0.4) is 0 Å². The smallest absolute Gasteiger partial charge is 0.251 e. The molecule has 3 nitrogen and oxygen atoms in total. The Labute approximate surface area is 108 Å². The highest BCUT2D eigenvalue weighted by molar-refractivity contribution is 9.10. The van der Waals surface area contributed by atoms with E-state index in [1.165, 1.54) is 6.07 Å². The summed E-state index contributed by atoms with van der Waals surface area (Å²) in [5.74, 6) is 0.582. The average Bonchev–Trinajstić information content (AvgIpc) is 2.29. The number of nitrogens with one attached hydrogen (secondary N) is 1. The van der Waals surface area contributed by atoms with Gasteiger partial charge in [0.1, 0.15) is 5.75 Å². The van der Waals surface area contributed by atoms with E-state index in [0.717, 1.165) is 0 Å². The molecule has 1 atom stereocenters.